The average molecular weight is 350 g/mol. The van der Waals surface area contributed by atoms with Gasteiger partial charge >= 0.3 is 0 Å². The zero-order chi connectivity index (χ0) is 9.71. The fourth-order valence-corrected chi connectivity index (χ4v) is 4.13. The molecule has 2 heterocycles. The molecule has 70 valence electrons. The molecule has 0 atom stereocenters. The number of hydrogen-bond donors (Lipinski definition) is 0. The molecule has 3 aromatic rings. The first-order valence-corrected chi connectivity index (χ1v) is 6.96. The lowest BCUT2D eigenvalue weighted by atomic mass is 10.3. The summed E-state index contributed by atoms with van der Waals surface area (Å²) in [5, 5.41) is 0. The molecule has 0 fully saturated rings. The first-order chi connectivity index (χ1) is 6.72. The fourth-order valence-electron chi connectivity index (χ4n) is 1.29. The number of thiazole rings is 2. The van der Waals surface area contributed by atoms with E-state index in [1.807, 2.05) is 0 Å². The molecule has 0 bridgehead atoms. The van der Waals surface area contributed by atoms with Crippen LogP contribution in [0.5, 0.6) is 0 Å². The van der Waals surface area contributed by atoms with Crippen LogP contribution in [-0.4, -0.2) is 9.97 Å². The number of benzene rings is 1. The van der Waals surface area contributed by atoms with Gasteiger partial charge in [-0.2, -0.15) is 0 Å². The predicted molar refractivity (Wildman–Crippen MR) is 68.2 cm³/mol. The lowest BCUT2D eigenvalue weighted by molar-refractivity contribution is 1.44. The van der Waals surface area contributed by atoms with E-state index >= 15 is 0 Å². The highest BCUT2D eigenvalue weighted by atomic mass is 79.9. The van der Waals surface area contributed by atoms with E-state index in [9.17, 15) is 0 Å². The summed E-state index contributed by atoms with van der Waals surface area (Å²) in [4.78, 5) is 8.74. The van der Waals surface area contributed by atoms with E-state index in [0.29, 0.717) is 0 Å². The van der Waals surface area contributed by atoms with Gasteiger partial charge in [0.2, 0.25) is 0 Å². The summed E-state index contributed by atoms with van der Waals surface area (Å²) in [7, 11) is 0. The Balaban J connectivity index is 2.49. The Hall–Kier alpha value is -0.0400. The molecule has 2 nitrogen and oxygen atoms in total. The summed E-state index contributed by atoms with van der Waals surface area (Å²) >= 11 is 10.0. The Bertz CT molecular complexity index is 526. The zero-order valence-electron chi connectivity index (χ0n) is 6.62. The van der Waals surface area contributed by atoms with E-state index < -0.39 is 0 Å². The molecular weight excluding hydrogens is 348 g/mol. The second kappa shape index (κ2) is 3.23. The largest absolute Gasteiger partial charge is 0.229 e. The molecule has 0 unspecified atom stereocenters. The lowest BCUT2D eigenvalue weighted by Crippen LogP contribution is -1.68. The summed E-state index contributed by atoms with van der Waals surface area (Å²) in [5.74, 6) is 0. The molecular formula is C8H2Br2N2S2. The van der Waals surface area contributed by atoms with Gasteiger partial charge in [0.15, 0.2) is 7.83 Å². The van der Waals surface area contributed by atoms with Crippen LogP contribution in [0.2, 0.25) is 0 Å². The van der Waals surface area contributed by atoms with E-state index in [-0.39, 0.29) is 0 Å². The van der Waals surface area contributed by atoms with Gasteiger partial charge in [-0.15, -0.1) is 22.7 Å². The van der Waals surface area contributed by atoms with Gasteiger partial charge in [0.05, 0.1) is 20.4 Å². The molecule has 0 spiro atoms. The van der Waals surface area contributed by atoms with Crippen molar-refractivity contribution < 1.29 is 0 Å². The van der Waals surface area contributed by atoms with Crippen LogP contribution in [0, 0.1) is 0 Å². The Morgan fingerprint density at radius 3 is 1.71 bits per heavy atom. The molecule has 14 heavy (non-hydrogen) atoms. The average Bonchev–Trinajstić information content (AvgIpc) is 2.59. The highest BCUT2D eigenvalue weighted by Gasteiger charge is 2.06. The number of rotatable bonds is 0. The van der Waals surface area contributed by atoms with Gasteiger partial charge in [-0.25, -0.2) is 9.97 Å². The molecule has 0 saturated carbocycles. The van der Waals surface area contributed by atoms with E-state index in [2.05, 4.69) is 54.0 Å². The number of nitrogens with zero attached hydrogens (tertiary/aromatic N) is 2. The van der Waals surface area contributed by atoms with Crippen molar-refractivity contribution in [3.05, 3.63) is 20.0 Å². The molecule has 1 aromatic carbocycles. The van der Waals surface area contributed by atoms with Crippen molar-refractivity contribution in [2.45, 2.75) is 0 Å². The maximum Gasteiger partial charge on any atom is 0.160 e. The molecule has 0 aliphatic heterocycles. The maximum absolute atomic E-state index is 4.37. The fraction of sp³-hybridized carbons (Fsp3) is 0. The first kappa shape index (κ1) is 9.21. The van der Waals surface area contributed by atoms with Gasteiger partial charge in [0, 0.05) is 0 Å². The standard InChI is InChI=1S/C8H2Br2N2S2/c9-7-11-3-1-5-4(2-6(3)14-7)12-8(10)13-5/h1-2H. The van der Waals surface area contributed by atoms with Gasteiger partial charge < -0.3 is 0 Å². The predicted octanol–water partition coefficient (Wildman–Crippen LogP) is 4.43. The van der Waals surface area contributed by atoms with Crippen LogP contribution in [0.4, 0.5) is 0 Å². The van der Waals surface area contributed by atoms with E-state index in [4.69, 9.17) is 0 Å². The maximum atomic E-state index is 4.37. The van der Waals surface area contributed by atoms with Crippen molar-refractivity contribution in [3.63, 3.8) is 0 Å². The smallest absolute Gasteiger partial charge is 0.160 e. The van der Waals surface area contributed by atoms with E-state index in [0.717, 1.165) is 18.9 Å². The quantitative estimate of drug-likeness (QED) is 0.600. The molecule has 3 rings (SSSR count). The van der Waals surface area contributed by atoms with E-state index in [1.54, 1.807) is 22.7 Å². The number of fused-ring (bicyclic) bond motifs is 2. The molecule has 2 aromatic heterocycles. The van der Waals surface area contributed by atoms with Crippen LogP contribution in [0.3, 0.4) is 0 Å². The molecule has 6 heteroatoms. The number of hydrogen-bond acceptors (Lipinski definition) is 4. The third-order valence-electron chi connectivity index (χ3n) is 1.85. The number of aromatic nitrogens is 2. The summed E-state index contributed by atoms with van der Waals surface area (Å²) in [5.41, 5.74) is 2.07. The van der Waals surface area contributed by atoms with Crippen molar-refractivity contribution in [2.24, 2.45) is 0 Å². The molecule has 0 amide bonds. The summed E-state index contributed by atoms with van der Waals surface area (Å²) in [6, 6.07) is 4.16. The Morgan fingerprint density at radius 2 is 1.29 bits per heavy atom. The van der Waals surface area contributed by atoms with Gasteiger partial charge in [0.25, 0.3) is 0 Å². The number of halogens is 2. The molecule has 0 radical (unpaired) electrons. The van der Waals surface area contributed by atoms with Crippen molar-refractivity contribution >= 4 is 75.0 Å². The minimum Gasteiger partial charge on any atom is -0.229 e. The SMILES string of the molecule is Brc1nc2cc3sc(Br)nc3cc2s1. The second-order valence-electron chi connectivity index (χ2n) is 2.72. The van der Waals surface area contributed by atoms with Crippen molar-refractivity contribution in [3.8, 4) is 0 Å². The van der Waals surface area contributed by atoms with Crippen LogP contribution in [-0.2, 0) is 0 Å². The summed E-state index contributed by atoms with van der Waals surface area (Å²) in [6.07, 6.45) is 0. The third kappa shape index (κ3) is 1.41. The zero-order valence-corrected chi connectivity index (χ0v) is 11.4. The molecule has 0 aliphatic rings. The summed E-state index contributed by atoms with van der Waals surface area (Å²) < 4.78 is 4.18. The van der Waals surface area contributed by atoms with Crippen LogP contribution in [0.1, 0.15) is 0 Å². The summed E-state index contributed by atoms with van der Waals surface area (Å²) in [6.45, 7) is 0. The van der Waals surface area contributed by atoms with E-state index in [1.165, 1.54) is 9.40 Å². The Morgan fingerprint density at radius 1 is 0.857 bits per heavy atom. The Kier molecular flexibility index (Phi) is 2.12. The van der Waals surface area contributed by atoms with Crippen molar-refractivity contribution in [1.29, 1.82) is 0 Å². The van der Waals surface area contributed by atoms with Crippen LogP contribution < -0.4 is 0 Å². The highest BCUT2D eigenvalue weighted by Crippen LogP contribution is 2.33. The minimum atomic E-state index is 0.921. The first-order valence-electron chi connectivity index (χ1n) is 3.74. The normalized spacial score (nSPS) is 11.6. The van der Waals surface area contributed by atoms with Gasteiger partial charge in [-0.1, -0.05) is 0 Å². The van der Waals surface area contributed by atoms with Crippen molar-refractivity contribution in [2.75, 3.05) is 0 Å². The van der Waals surface area contributed by atoms with Crippen LogP contribution >= 0.6 is 54.5 Å². The minimum absolute atomic E-state index is 0.921. The highest BCUT2D eigenvalue weighted by molar-refractivity contribution is 9.11. The van der Waals surface area contributed by atoms with Crippen molar-refractivity contribution in [1.82, 2.24) is 9.97 Å². The van der Waals surface area contributed by atoms with Crippen LogP contribution in [0.15, 0.2) is 20.0 Å². The molecule has 0 N–H and O–H groups in total. The van der Waals surface area contributed by atoms with Gasteiger partial charge in [-0.3, -0.25) is 0 Å². The van der Waals surface area contributed by atoms with Crippen LogP contribution in [0.25, 0.3) is 20.4 Å². The van der Waals surface area contributed by atoms with Gasteiger partial charge in [0.1, 0.15) is 0 Å². The second-order valence-corrected chi connectivity index (χ2v) is 7.33. The van der Waals surface area contributed by atoms with Gasteiger partial charge in [-0.05, 0) is 44.0 Å². The lowest BCUT2D eigenvalue weighted by Gasteiger charge is -1.86. The third-order valence-corrected chi connectivity index (χ3v) is 4.78. The molecule has 0 saturated heterocycles. The monoisotopic (exact) mass is 348 g/mol. The molecule has 0 aliphatic carbocycles. The topological polar surface area (TPSA) is 25.8 Å². The Labute approximate surface area is 104 Å².